The predicted octanol–water partition coefficient (Wildman–Crippen LogP) is 5.33. The smallest absolute Gasteiger partial charge is 0.262 e. The van der Waals surface area contributed by atoms with Crippen LogP contribution in [0.15, 0.2) is 54.6 Å². The number of nitrogens with zero attached hydrogens (tertiary/aromatic N) is 2. The normalized spacial score (nSPS) is 19.6. The lowest BCUT2D eigenvalue weighted by Gasteiger charge is -2.37. The molecule has 0 spiro atoms. The van der Waals surface area contributed by atoms with Crippen molar-refractivity contribution in [2.75, 3.05) is 45.9 Å². The Morgan fingerprint density at radius 1 is 0.978 bits per heavy atom. The quantitative estimate of drug-likeness (QED) is 0.295. The molecule has 2 saturated heterocycles. The van der Waals surface area contributed by atoms with Gasteiger partial charge in [0, 0.05) is 56.1 Å². The molecule has 8 nitrogen and oxygen atoms in total. The lowest BCUT2D eigenvalue weighted by molar-refractivity contribution is -0.140. The number of ether oxygens (including phenoxy) is 1. The van der Waals surface area contributed by atoms with Crippen molar-refractivity contribution in [1.29, 1.82) is 0 Å². The van der Waals surface area contributed by atoms with Crippen LogP contribution in [0.4, 0.5) is 0 Å². The zero-order chi connectivity index (χ0) is 31.9. The van der Waals surface area contributed by atoms with Crippen LogP contribution in [0.1, 0.15) is 72.2 Å². The summed E-state index contributed by atoms with van der Waals surface area (Å²) in [6.07, 6.45) is 7.38. The Balaban J connectivity index is 1.06. The number of carbonyl (C=O) groups excluding carboxylic acids is 3. The van der Waals surface area contributed by atoms with E-state index in [1.165, 1.54) is 22.5 Å². The molecule has 1 unspecified atom stereocenters. The van der Waals surface area contributed by atoms with Crippen LogP contribution in [0.5, 0.6) is 0 Å². The lowest BCUT2D eigenvalue weighted by atomic mass is 9.94. The van der Waals surface area contributed by atoms with Gasteiger partial charge in [0.25, 0.3) is 5.91 Å². The third kappa shape index (κ3) is 7.99. The highest BCUT2D eigenvalue weighted by Gasteiger charge is 2.43. The summed E-state index contributed by atoms with van der Waals surface area (Å²) >= 11 is 1.49. The average Bonchev–Trinajstić information content (AvgIpc) is 3.73. The maximum absolute atomic E-state index is 14.1. The Morgan fingerprint density at radius 3 is 2.46 bits per heavy atom. The van der Waals surface area contributed by atoms with Crippen LogP contribution in [0.3, 0.4) is 0 Å². The van der Waals surface area contributed by atoms with E-state index in [1.54, 1.807) is 0 Å². The third-order valence-corrected chi connectivity index (χ3v) is 11.2. The summed E-state index contributed by atoms with van der Waals surface area (Å²) in [7, 11) is 0. The molecule has 0 radical (unpaired) electrons. The van der Waals surface area contributed by atoms with Crippen LogP contribution < -0.4 is 10.6 Å². The SMILES string of the molecule is Cc1ccc2cc(C(=O)NC3(C(=O)NC(CCCN4CCN(C(=O)C5CCOCC5)CC4)Cc4ccccc4)CCCC3)sc2c1. The van der Waals surface area contributed by atoms with Crippen LogP contribution in [0, 0.1) is 12.8 Å². The molecule has 3 fully saturated rings. The topological polar surface area (TPSA) is 91.0 Å². The fraction of sp³-hybridized carbons (Fsp3) is 0.541. The van der Waals surface area contributed by atoms with Gasteiger partial charge in [0.2, 0.25) is 11.8 Å². The molecule has 3 aliphatic rings. The van der Waals surface area contributed by atoms with Gasteiger partial charge in [-0.25, -0.2) is 0 Å². The van der Waals surface area contributed by atoms with Crippen molar-refractivity contribution in [3.63, 3.8) is 0 Å². The van der Waals surface area contributed by atoms with Gasteiger partial charge in [0.05, 0.1) is 4.88 Å². The monoisotopic (exact) mass is 644 g/mol. The number of amides is 3. The van der Waals surface area contributed by atoms with Crippen LogP contribution in [0.2, 0.25) is 0 Å². The van der Waals surface area contributed by atoms with E-state index in [9.17, 15) is 14.4 Å². The molecule has 3 heterocycles. The molecule has 6 rings (SSSR count). The molecule has 246 valence electrons. The molecule has 2 N–H and O–H groups in total. The van der Waals surface area contributed by atoms with E-state index in [2.05, 4.69) is 52.8 Å². The lowest BCUT2D eigenvalue weighted by Crippen LogP contribution is -2.59. The van der Waals surface area contributed by atoms with Crippen molar-refractivity contribution in [1.82, 2.24) is 20.4 Å². The van der Waals surface area contributed by atoms with E-state index in [0.717, 1.165) is 87.8 Å². The summed E-state index contributed by atoms with van der Waals surface area (Å²) in [5.41, 5.74) is 1.48. The number of benzene rings is 2. The number of fused-ring (bicyclic) bond motifs is 1. The number of hydrogen-bond acceptors (Lipinski definition) is 6. The summed E-state index contributed by atoms with van der Waals surface area (Å²) in [4.78, 5) is 45.7. The van der Waals surface area contributed by atoms with E-state index in [-0.39, 0.29) is 23.8 Å². The fourth-order valence-corrected chi connectivity index (χ4v) is 8.38. The largest absolute Gasteiger partial charge is 0.381 e. The number of carbonyl (C=O) groups is 3. The van der Waals surface area contributed by atoms with Gasteiger partial charge in [0.15, 0.2) is 0 Å². The van der Waals surface area contributed by atoms with E-state index in [0.29, 0.717) is 36.8 Å². The van der Waals surface area contributed by atoms with Crippen molar-refractivity contribution < 1.29 is 19.1 Å². The Labute approximate surface area is 276 Å². The number of nitrogens with one attached hydrogen (secondary N) is 2. The first-order valence-corrected chi connectivity index (χ1v) is 18.0. The van der Waals surface area contributed by atoms with Crippen molar-refractivity contribution in [3.8, 4) is 0 Å². The summed E-state index contributed by atoms with van der Waals surface area (Å²) in [5.74, 6) is 0.190. The first kappa shape index (κ1) is 32.7. The highest BCUT2D eigenvalue weighted by molar-refractivity contribution is 7.20. The number of hydrogen-bond donors (Lipinski definition) is 2. The molecule has 9 heteroatoms. The third-order valence-electron chi connectivity index (χ3n) is 10.1. The molecule has 3 amide bonds. The molecule has 2 aliphatic heterocycles. The molecule has 1 aliphatic carbocycles. The van der Waals surface area contributed by atoms with Crippen LogP contribution >= 0.6 is 11.3 Å². The zero-order valence-electron chi connectivity index (χ0n) is 27.1. The van der Waals surface area contributed by atoms with Gasteiger partial charge >= 0.3 is 0 Å². The second-order valence-electron chi connectivity index (χ2n) is 13.5. The highest BCUT2D eigenvalue weighted by atomic mass is 32.1. The molecular weight excluding hydrogens is 596 g/mol. The minimum Gasteiger partial charge on any atom is -0.381 e. The fourth-order valence-electron chi connectivity index (χ4n) is 7.32. The number of piperazine rings is 1. The van der Waals surface area contributed by atoms with Crippen LogP contribution in [0.25, 0.3) is 10.1 Å². The van der Waals surface area contributed by atoms with E-state index in [1.807, 2.05) is 29.2 Å². The summed E-state index contributed by atoms with van der Waals surface area (Å²) < 4.78 is 6.53. The van der Waals surface area contributed by atoms with Gasteiger partial charge in [-0.05, 0) is 87.1 Å². The standard InChI is InChI=1S/C37H48N4O4S/c1-27-11-12-30-26-33(46-32(30)24-27)34(42)39-37(15-5-6-16-37)36(44)38-31(25-28-8-3-2-4-9-28)10-7-17-40-18-20-41(21-19-40)35(43)29-13-22-45-23-14-29/h2-4,8-9,11-12,24,26,29,31H,5-7,10,13-23,25H2,1H3,(H,38,44)(H,39,42). The Hall–Kier alpha value is -3.27. The first-order valence-electron chi connectivity index (χ1n) is 17.1. The van der Waals surface area contributed by atoms with Crippen molar-refractivity contribution in [3.05, 3.63) is 70.6 Å². The Kier molecular flexibility index (Phi) is 10.7. The molecule has 1 aromatic heterocycles. The minimum absolute atomic E-state index is 0.0343. The van der Waals surface area contributed by atoms with E-state index in [4.69, 9.17) is 4.74 Å². The average molecular weight is 645 g/mol. The van der Waals surface area contributed by atoms with Gasteiger partial charge in [-0.2, -0.15) is 0 Å². The van der Waals surface area contributed by atoms with Crippen LogP contribution in [-0.2, 0) is 20.7 Å². The summed E-state index contributed by atoms with van der Waals surface area (Å²) in [5, 5.41) is 7.67. The predicted molar refractivity (Wildman–Crippen MR) is 183 cm³/mol. The van der Waals surface area contributed by atoms with Crippen molar-refractivity contribution >= 4 is 39.1 Å². The van der Waals surface area contributed by atoms with Crippen molar-refractivity contribution in [2.45, 2.75) is 76.3 Å². The maximum atomic E-state index is 14.1. The molecule has 2 aromatic carbocycles. The Morgan fingerprint density at radius 2 is 1.72 bits per heavy atom. The molecule has 3 aromatic rings. The summed E-state index contributed by atoms with van der Waals surface area (Å²) in [6.45, 7) is 7.71. The van der Waals surface area contributed by atoms with Gasteiger partial charge in [-0.15, -0.1) is 11.3 Å². The maximum Gasteiger partial charge on any atom is 0.262 e. The minimum atomic E-state index is -0.883. The molecule has 1 atom stereocenters. The number of thiophene rings is 1. The molecular formula is C37H48N4O4S. The molecule has 0 bridgehead atoms. The van der Waals surface area contributed by atoms with E-state index >= 15 is 0 Å². The van der Waals surface area contributed by atoms with Crippen LogP contribution in [-0.4, -0.2) is 85.0 Å². The highest BCUT2D eigenvalue weighted by Crippen LogP contribution is 2.33. The second kappa shape index (κ2) is 15.1. The zero-order valence-corrected chi connectivity index (χ0v) is 27.9. The Bertz CT molecular complexity index is 1490. The van der Waals surface area contributed by atoms with Gasteiger partial charge in [-0.3, -0.25) is 19.3 Å². The molecule has 46 heavy (non-hydrogen) atoms. The first-order chi connectivity index (χ1) is 22.4. The summed E-state index contributed by atoms with van der Waals surface area (Å²) in [6, 6.07) is 18.5. The van der Waals surface area contributed by atoms with Gasteiger partial charge in [0.1, 0.15) is 5.54 Å². The van der Waals surface area contributed by atoms with Gasteiger partial charge in [-0.1, -0.05) is 55.3 Å². The van der Waals surface area contributed by atoms with Gasteiger partial charge < -0.3 is 20.3 Å². The van der Waals surface area contributed by atoms with E-state index < -0.39 is 5.54 Å². The number of rotatable bonds is 11. The second-order valence-corrected chi connectivity index (χ2v) is 14.5. The molecule has 1 saturated carbocycles. The number of aryl methyl sites for hydroxylation is 1. The van der Waals surface area contributed by atoms with Crippen molar-refractivity contribution in [2.24, 2.45) is 5.92 Å².